The van der Waals surface area contributed by atoms with Gasteiger partial charge in [0.05, 0.1) is 23.2 Å². The van der Waals surface area contributed by atoms with Crippen LogP contribution in [0.1, 0.15) is 11.1 Å². The quantitative estimate of drug-likeness (QED) is 0.726. The monoisotopic (exact) mass is 429 g/mol. The lowest BCUT2D eigenvalue weighted by molar-refractivity contribution is -0.137. The van der Waals surface area contributed by atoms with Gasteiger partial charge in [0.2, 0.25) is 10.0 Å². The zero-order valence-electron chi connectivity index (χ0n) is 16.1. The molecule has 0 atom stereocenters. The van der Waals surface area contributed by atoms with Crippen LogP contribution in [0, 0.1) is 0 Å². The van der Waals surface area contributed by atoms with Gasteiger partial charge in [-0.15, -0.1) is 5.10 Å². The summed E-state index contributed by atoms with van der Waals surface area (Å²) in [6.07, 6.45) is -2.80. The van der Waals surface area contributed by atoms with Crippen LogP contribution in [0.2, 0.25) is 0 Å². The summed E-state index contributed by atoms with van der Waals surface area (Å²) in [7, 11) is 0.160. The Morgan fingerprint density at radius 2 is 1.69 bits per heavy atom. The van der Waals surface area contributed by atoms with Crippen LogP contribution < -0.4 is 9.80 Å². The van der Waals surface area contributed by atoms with Crippen LogP contribution in [-0.4, -0.2) is 63.2 Å². The summed E-state index contributed by atoms with van der Waals surface area (Å²) >= 11 is 0. The van der Waals surface area contributed by atoms with Gasteiger partial charge in [0.1, 0.15) is 0 Å². The molecule has 0 N–H and O–H groups in total. The van der Waals surface area contributed by atoms with E-state index >= 15 is 0 Å². The van der Waals surface area contributed by atoms with Crippen molar-refractivity contribution in [3.8, 4) is 0 Å². The number of piperazine rings is 1. The molecule has 0 spiro atoms. The van der Waals surface area contributed by atoms with Gasteiger partial charge >= 0.3 is 6.18 Å². The minimum atomic E-state index is -4.44. The number of aromatic nitrogens is 2. The predicted octanol–water partition coefficient (Wildman–Crippen LogP) is 2.21. The fourth-order valence-electron chi connectivity index (χ4n) is 3.03. The molecule has 2 aromatic rings. The lowest BCUT2D eigenvalue weighted by Crippen LogP contribution is -2.49. The molecule has 0 radical (unpaired) electrons. The minimum absolute atomic E-state index is 0.275. The first kappa shape index (κ1) is 21.3. The maximum Gasteiger partial charge on any atom is 0.416 e. The summed E-state index contributed by atoms with van der Waals surface area (Å²) in [6, 6.07) is 6.11. The van der Waals surface area contributed by atoms with Gasteiger partial charge in [-0.2, -0.15) is 22.6 Å². The Morgan fingerprint density at radius 3 is 2.24 bits per heavy atom. The molecule has 2 heterocycles. The summed E-state index contributed by atoms with van der Waals surface area (Å²) in [6.45, 7) is 1.46. The van der Waals surface area contributed by atoms with Gasteiger partial charge in [-0.3, -0.25) is 0 Å². The highest BCUT2D eigenvalue weighted by molar-refractivity contribution is 7.88. The van der Waals surface area contributed by atoms with Crippen molar-refractivity contribution in [2.24, 2.45) is 0 Å². The van der Waals surface area contributed by atoms with E-state index in [1.54, 1.807) is 6.20 Å². The Balaban J connectivity index is 1.63. The summed E-state index contributed by atoms with van der Waals surface area (Å²) in [5.74, 6) is 0.345. The number of hydrogen-bond donors (Lipinski definition) is 0. The highest BCUT2D eigenvalue weighted by Gasteiger charge is 2.31. The molecule has 158 valence electrons. The summed E-state index contributed by atoms with van der Waals surface area (Å²) in [5.41, 5.74) is 0.422. The third kappa shape index (κ3) is 5.15. The van der Waals surface area contributed by atoms with Crippen LogP contribution >= 0.6 is 0 Å². The first-order valence-corrected chi connectivity index (χ1v) is 10.6. The second kappa shape index (κ2) is 8.15. The van der Waals surface area contributed by atoms with E-state index in [0.29, 0.717) is 24.5 Å². The molecule has 3 rings (SSSR count). The average molecular weight is 429 g/mol. The van der Waals surface area contributed by atoms with E-state index in [9.17, 15) is 21.6 Å². The molecule has 1 aliphatic heterocycles. The van der Waals surface area contributed by atoms with Gasteiger partial charge in [0.15, 0.2) is 5.82 Å². The van der Waals surface area contributed by atoms with Crippen LogP contribution in [-0.2, 0) is 22.0 Å². The van der Waals surface area contributed by atoms with Crippen LogP contribution in [0.3, 0.4) is 0 Å². The van der Waals surface area contributed by atoms with E-state index in [-0.39, 0.29) is 18.8 Å². The van der Waals surface area contributed by atoms with Gasteiger partial charge in [-0.05, 0) is 17.7 Å². The van der Waals surface area contributed by atoms with Gasteiger partial charge in [-0.1, -0.05) is 12.1 Å². The second-order valence-corrected chi connectivity index (χ2v) is 8.97. The van der Waals surface area contributed by atoms with Crippen molar-refractivity contribution in [2.75, 3.05) is 50.1 Å². The van der Waals surface area contributed by atoms with E-state index in [1.165, 1.54) is 16.4 Å². The molecule has 1 aromatic carbocycles. The number of hydrogen-bond acceptors (Lipinski definition) is 6. The zero-order chi connectivity index (χ0) is 21.2. The number of sulfonamides is 1. The Hall–Kier alpha value is -2.40. The first-order valence-electron chi connectivity index (χ1n) is 8.95. The van der Waals surface area contributed by atoms with Crippen LogP contribution in [0.5, 0.6) is 0 Å². The molecule has 0 bridgehead atoms. The molecule has 0 amide bonds. The maximum atomic E-state index is 12.7. The third-order valence-corrected chi connectivity index (χ3v) is 6.58. The largest absolute Gasteiger partial charge is 0.416 e. The van der Waals surface area contributed by atoms with Crippen molar-refractivity contribution < 1.29 is 21.6 Å². The number of anilines is 2. The second-order valence-electron chi connectivity index (χ2n) is 7.00. The smallest absolute Gasteiger partial charge is 0.376 e. The van der Waals surface area contributed by atoms with Gasteiger partial charge in [0, 0.05) is 46.3 Å². The van der Waals surface area contributed by atoms with E-state index in [2.05, 4.69) is 10.2 Å². The van der Waals surface area contributed by atoms with Crippen molar-refractivity contribution in [1.82, 2.24) is 14.5 Å². The van der Waals surface area contributed by atoms with E-state index in [0.717, 1.165) is 17.8 Å². The number of benzene rings is 1. The minimum Gasteiger partial charge on any atom is -0.376 e. The lowest BCUT2D eigenvalue weighted by atomic mass is 10.1. The van der Waals surface area contributed by atoms with Gasteiger partial charge in [0.25, 0.3) is 0 Å². The van der Waals surface area contributed by atoms with E-state index in [1.807, 2.05) is 30.0 Å². The van der Waals surface area contributed by atoms with Crippen LogP contribution in [0.25, 0.3) is 0 Å². The van der Waals surface area contributed by atoms with Crippen LogP contribution in [0.4, 0.5) is 24.7 Å². The summed E-state index contributed by atoms with van der Waals surface area (Å²) in [4.78, 5) is 3.87. The van der Waals surface area contributed by atoms with E-state index < -0.39 is 21.8 Å². The zero-order valence-corrected chi connectivity index (χ0v) is 16.9. The average Bonchev–Trinajstić information content (AvgIpc) is 2.67. The molecule has 1 aliphatic rings. The van der Waals surface area contributed by atoms with Crippen molar-refractivity contribution in [1.29, 1.82) is 0 Å². The lowest BCUT2D eigenvalue weighted by Gasteiger charge is -2.34. The third-order valence-electron chi connectivity index (χ3n) is 4.73. The molecule has 1 aromatic heterocycles. The molecular formula is C18H22F3N5O2S. The molecular weight excluding hydrogens is 407 g/mol. The van der Waals surface area contributed by atoms with E-state index in [4.69, 9.17) is 0 Å². The van der Waals surface area contributed by atoms with Crippen molar-refractivity contribution in [3.05, 3.63) is 47.7 Å². The van der Waals surface area contributed by atoms with Gasteiger partial charge in [-0.25, -0.2) is 8.42 Å². The Morgan fingerprint density at radius 1 is 1.07 bits per heavy atom. The fraction of sp³-hybridized carbons (Fsp3) is 0.444. The molecule has 11 heteroatoms. The topological polar surface area (TPSA) is 69.6 Å². The number of halogens is 3. The SMILES string of the molecule is CN(C)c1cnnc(N2CCN(S(=O)(=O)Cc3ccc(C(F)(F)F)cc3)CC2)c1. The number of alkyl halides is 3. The molecule has 0 aliphatic carbocycles. The summed E-state index contributed by atoms with van der Waals surface area (Å²) < 4.78 is 64.7. The molecule has 1 fully saturated rings. The number of rotatable bonds is 5. The van der Waals surface area contributed by atoms with Crippen LogP contribution in [0.15, 0.2) is 36.5 Å². The standard InChI is InChI=1S/C18H22F3N5O2S/c1-24(2)16-11-17(23-22-12-16)25-7-9-26(10-8-25)29(27,28)13-14-3-5-15(6-4-14)18(19,20)21/h3-6,11-12H,7-10,13H2,1-2H3. The normalized spacial score (nSPS) is 16.1. The maximum absolute atomic E-state index is 12.7. The molecule has 0 saturated carbocycles. The molecule has 7 nitrogen and oxygen atoms in total. The first-order chi connectivity index (χ1) is 13.6. The summed E-state index contributed by atoms with van der Waals surface area (Å²) in [5, 5.41) is 8.10. The van der Waals surface area contributed by atoms with Crippen molar-refractivity contribution in [2.45, 2.75) is 11.9 Å². The predicted molar refractivity (Wildman–Crippen MR) is 104 cm³/mol. The number of nitrogens with zero attached hydrogens (tertiary/aromatic N) is 5. The highest BCUT2D eigenvalue weighted by Crippen LogP contribution is 2.29. The van der Waals surface area contributed by atoms with Crippen molar-refractivity contribution in [3.63, 3.8) is 0 Å². The molecule has 0 unspecified atom stereocenters. The molecule has 29 heavy (non-hydrogen) atoms. The Bertz CT molecular complexity index is 941. The van der Waals surface area contributed by atoms with Gasteiger partial charge < -0.3 is 9.80 Å². The fourth-order valence-corrected chi connectivity index (χ4v) is 4.55. The molecule has 1 saturated heterocycles. The highest BCUT2D eigenvalue weighted by atomic mass is 32.2. The van der Waals surface area contributed by atoms with Crippen molar-refractivity contribution >= 4 is 21.5 Å². The Kier molecular flexibility index (Phi) is 5.99. The Labute approximate surface area is 167 Å².